The third-order valence-electron chi connectivity index (χ3n) is 2.72. The summed E-state index contributed by atoms with van der Waals surface area (Å²) in [4.78, 5) is 44.6. The Hall–Kier alpha value is -2.57. The van der Waals surface area contributed by atoms with Gasteiger partial charge in [-0.05, 0) is 18.6 Å². The Kier molecular flexibility index (Phi) is 6.19. The Morgan fingerprint density at radius 1 is 1.33 bits per heavy atom. The molecule has 0 unspecified atom stereocenters. The average molecular weight is 294 g/mol. The van der Waals surface area contributed by atoms with Crippen LogP contribution in [0, 0.1) is 5.82 Å². The van der Waals surface area contributed by atoms with Crippen molar-refractivity contribution in [3.05, 3.63) is 35.1 Å². The summed E-state index contributed by atoms with van der Waals surface area (Å²) >= 11 is 0. The van der Waals surface area contributed by atoms with Crippen molar-refractivity contribution < 1.29 is 23.6 Å². The van der Waals surface area contributed by atoms with Gasteiger partial charge in [-0.3, -0.25) is 24.8 Å². The van der Waals surface area contributed by atoms with Gasteiger partial charge in [0.25, 0.3) is 5.91 Å². The molecule has 2 amide bonds. The van der Waals surface area contributed by atoms with E-state index in [1.807, 2.05) is 0 Å². The van der Waals surface area contributed by atoms with E-state index in [4.69, 9.17) is 0 Å². The van der Waals surface area contributed by atoms with E-state index in [9.17, 15) is 23.6 Å². The fourth-order valence-corrected chi connectivity index (χ4v) is 1.66. The van der Waals surface area contributed by atoms with Gasteiger partial charge >= 0.3 is 0 Å². The maximum atomic E-state index is 13.4. The number of benzene rings is 1. The highest BCUT2D eigenvalue weighted by Gasteiger charge is 2.19. The van der Waals surface area contributed by atoms with Crippen molar-refractivity contribution in [3.8, 4) is 0 Å². The fraction of sp³-hybridized carbons (Fsp3) is 0.286. The molecule has 0 saturated heterocycles. The van der Waals surface area contributed by atoms with E-state index in [-0.39, 0.29) is 30.3 Å². The molecule has 21 heavy (non-hydrogen) atoms. The van der Waals surface area contributed by atoms with Crippen molar-refractivity contribution in [2.75, 3.05) is 7.05 Å². The van der Waals surface area contributed by atoms with Gasteiger partial charge in [0.1, 0.15) is 12.1 Å². The van der Waals surface area contributed by atoms with Gasteiger partial charge < -0.3 is 4.79 Å². The van der Waals surface area contributed by atoms with Crippen LogP contribution in [0.25, 0.3) is 0 Å². The van der Waals surface area contributed by atoms with E-state index in [0.717, 1.165) is 11.1 Å². The molecule has 1 rings (SSSR count). The number of unbranched alkanes of at least 4 members (excludes halogenated alkanes) is 1. The predicted octanol–water partition coefficient (Wildman–Crippen LogP) is 1.11. The van der Waals surface area contributed by atoms with E-state index >= 15 is 0 Å². The Bertz CT molecular complexity index is 560. The average Bonchev–Trinajstić information content (AvgIpc) is 2.46. The van der Waals surface area contributed by atoms with Crippen LogP contribution in [-0.2, 0) is 9.59 Å². The lowest BCUT2D eigenvalue weighted by Crippen LogP contribution is -2.43. The minimum atomic E-state index is -0.804. The first-order valence-electron chi connectivity index (χ1n) is 6.26. The van der Waals surface area contributed by atoms with Crippen LogP contribution in [0.5, 0.6) is 0 Å². The van der Waals surface area contributed by atoms with Gasteiger partial charge in [0, 0.05) is 19.9 Å². The number of nitrogens with one attached hydrogen (secondary N) is 1. The molecule has 0 aliphatic heterocycles. The molecule has 7 heteroatoms. The molecular weight excluding hydrogens is 279 g/mol. The Balaban J connectivity index is 2.75. The highest BCUT2D eigenvalue weighted by atomic mass is 19.1. The fourth-order valence-electron chi connectivity index (χ4n) is 1.66. The summed E-state index contributed by atoms with van der Waals surface area (Å²) in [5, 5.41) is 0.880. The van der Waals surface area contributed by atoms with Crippen LogP contribution in [-0.4, -0.2) is 36.4 Å². The largest absolute Gasteiger partial charge is 0.303 e. The molecule has 6 nitrogen and oxygen atoms in total. The quantitative estimate of drug-likeness (QED) is 0.484. The molecule has 0 aliphatic rings. The number of rotatable bonds is 6. The van der Waals surface area contributed by atoms with E-state index in [0.29, 0.717) is 12.7 Å². The second-order valence-electron chi connectivity index (χ2n) is 4.28. The lowest BCUT2D eigenvalue weighted by Gasteiger charge is -2.19. The minimum Gasteiger partial charge on any atom is -0.303 e. The Morgan fingerprint density at radius 2 is 2.05 bits per heavy atom. The van der Waals surface area contributed by atoms with Gasteiger partial charge in [0.05, 0.1) is 11.1 Å². The Morgan fingerprint density at radius 3 is 2.67 bits per heavy atom. The second kappa shape index (κ2) is 7.88. The van der Waals surface area contributed by atoms with E-state index in [1.165, 1.54) is 19.2 Å². The van der Waals surface area contributed by atoms with Crippen LogP contribution in [0.15, 0.2) is 18.2 Å². The third kappa shape index (κ3) is 4.48. The molecule has 0 bridgehead atoms. The Labute approximate surface area is 120 Å². The summed E-state index contributed by atoms with van der Waals surface area (Å²) in [5.74, 6) is -1.96. The highest BCUT2D eigenvalue weighted by molar-refractivity contribution is 6.02. The minimum absolute atomic E-state index is 0.0834. The zero-order valence-electron chi connectivity index (χ0n) is 11.5. The van der Waals surface area contributed by atoms with Crippen molar-refractivity contribution >= 4 is 24.4 Å². The third-order valence-corrected chi connectivity index (χ3v) is 2.72. The summed E-state index contributed by atoms with van der Waals surface area (Å²) < 4.78 is 13.4. The van der Waals surface area contributed by atoms with E-state index in [1.54, 1.807) is 0 Å². The smallest absolute Gasteiger partial charge is 0.272 e. The summed E-state index contributed by atoms with van der Waals surface area (Å²) in [6, 6.07) is 3.66. The monoisotopic (exact) mass is 294 g/mol. The highest BCUT2D eigenvalue weighted by Crippen LogP contribution is 2.12. The van der Waals surface area contributed by atoms with Crippen LogP contribution in [0.3, 0.4) is 0 Å². The summed E-state index contributed by atoms with van der Waals surface area (Å²) in [7, 11) is 1.29. The van der Waals surface area contributed by atoms with Gasteiger partial charge in [-0.2, -0.15) is 0 Å². The van der Waals surface area contributed by atoms with Gasteiger partial charge in [0.2, 0.25) is 5.91 Å². The predicted molar refractivity (Wildman–Crippen MR) is 71.9 cm³/mol. The zero-order chi connectivity index (χ0) is 15.8. The lowest BCUT2D eigenvalue weighted by molar-refractivity contribution is -0.124. The molecule has 0 fully saturated rings. The normalized spacial score (nSPS) is 9.81. The number of hydrogen-bond donors (Lipinski definition) is 1. The number of carbonyl (C=O) groups is 4. The molecule has 0 spiro atoms. The number of nitrogens with zero attached hydrogens (tertiary/aromatic N) is 1. The van der Waals surface area contributed by atoms with Crippen molar-refractivity contribution in [1.29, 1.82) is 0 Å². The van der Waals surface area contributed by atoms with Crippen LogP contribution in [0.2, 0.25) is 0 Å². The van der Waals surface area contributed by atoms with Crippen molar-refractivity contribution in [1.82, 2.24) is 10.4 Å². The van der Waals surface area contributed by atoms with E-state index in [2.05, 4.69) is 5.43 Å². The topological polar surface area (TPSA) is 83.6 Å². The first-order chi connectivity index (χ1) is 10.0. The number of hydrazine groups is 1. The number of hydrogen-bond acceptors (Lipinski definition) is 4. The van der Waals surface area contributed by atoms with Crippen LogP contribution >= 0.6 is 0 Å². The van der Waals surface area contributed by atoms with Crippen molar-refractivity contribution in [2.45, 2.75) is 19.3 Å². The molecule has 0 saturated carbocycles. The number of carbonyl (C=O) groups excluding carboxylic acids is 4. The molecule has 1 aromatic rings. The van der Waals surface area contributed by atoms with Crippen molar-refractivity contribution in [2.24, 2.45) is 0 Å². The summed E-state index contributed by atoms with van der Waals surface area (Å²) in [5.41, 5.74) is 1.80. The van der Waals surface area contributed by atoms with Gasteiger partial charge in [-0.15, -0.1) is 0 Å². The SMILES string of the molecule is CN(NC(=O)CCCC=O)C(=O)c1cccc(F)c1C=O. The number of halogens is 1. The zero-order valence-corrected chi connectivity index (χ0v) is 11.5. The second-order valence-corrected chi connectivity index (χ2v) is 4.28. The van der Waals surface area contributed by atoms with E-state index < -0.39 is 17.6 Å². The molecule has 0 radical (unpaired) electrons. The molecule has 0 aliphatic carbocycles. The molecule has 1 N–H and O–H groups in total. The summed E-state index contributed by atoms with van der Waals surface area (Å²) in [6.07, 6.45) is 1.66. The lowest BCUT2D eigenvalue weighted by atomic mass is 10.1. The van der Waals surface area contributed by atoms with Gasteiger partial charge in [0.15, 0.2) is 6.29 Å². The van der Waals surface area contributed by atoms with Gasteiger partial charge in [-0.1, -0.05) is 6.07 Å². The van der Waals surface area contributed by atoms with Gasteiger partial charge in [-0.25, -0.2) is 4.39 Å². The maximum Gasteiger partial charge on any atom is 0.272 e. The van der Waals surface area contributed by atoms with Crippen molar-refractivity contribution in [3.63, 3.8) is 0 Å². The van der Waals surface area contributed by atoms with Crippen LogP contribution in [0.1, 0.15) is 40.0 Å². The molecule has 1 aromatic carbocycles. The maximum absolute atomic E-state index is 13.4. The standard InChI is InChI=1S/C14H15FN2O4/c1-17(16-13(20)7-2-3-8-18)14(21)10-5-4-6-12(15)11(10)9-19/h4-6,8-9H,2-3,7H2,1H3,(H,16,20). The molecule has 0 aromatic heterocycles. The first-order valence-corrected chi connectivity index (χ1v) is 6.26. The molecule has 112 valence electrons. The van der Waals surface area contributed by atoms with Crippen LogP contribution in [0.4, 0.5) is 4.39 Å². The van der Waals surface area contributed by atoms with Crippen LogP contribution < -0.4 is 5.43 Å². The number of aldehydes is 2. The number of amides is 2. The molecular formula is C14H15FN2O4. The first kappa shape index (κ1) is 16.5. The summed E-state index contributed by atoms with van der Waals surface area (Å²) in [6.45, 7) is 0. The molecule has 0 heterocycles. The molecule has 0 atom stereocenters.